The Morgan fingerprint density at radius 3 is 2.16 bits per heavy atom. The van der Waals surface area contributed by atoms with E-state index in [1.807, 2.05) is 26.8 Å². The standard InChI is InChI=1S/C17H17F3INO2S/c1-16(2,3)11-5-4-6-13(9-11)25(23,24)22-15-10-12(17(18,19)20)7-8-14(15)21/h4-10,22H,1-3H3. The van der Waals surface area contributed by atoms with Gasteiger partial charge in [-0.1, -0.05) is 32.9 Å². The third kappa shape index (κ3) is 4.87. The van der Waals surface area contributed by atoms with Crippen molar-refractivity contribution in [1.82, 2.24) is 0 Å². The summed E-state index contributed by atoms with van der Waals surface area (Å²) in [4.78, 5) is 0.00753. The number of alkyl halides is 3. The van der Waals surface area contributed by atoms with Crippen molar-refractivity contribution in [3.63, 3.8) is 0 Å². The maximum Gasteiger partial charge on any atom is 0.416 e. The Bertz CT molecular complexity index is 887. The highest BCUT2D eigenvalue weighted by Crippen LogP contribution is 2.33. The molecule has 0 fully saturated rings. The van der Waals surface area contributed by atoms with Crippen LogP contribution in [0.4, 0.5) is 18.9 Å². The van der Waals surface area contributed by atoms with E-state index in [-0.39, 0.29) is 16.0 Å². The van der Waals surface area contributed by atoms with Crippen molar-refractivity contribution in [3.05, 3.63) is 57.2 Å². The summed E-state index contributed by atoms with van der Waals surface area (Å²) in [6, 6.07) is 9.32. The number of benzene rings is 2. The SMILES string of the molecule is CC(C)(C)c1cccc(S(=O)(=O)Nc2cc(C(F)(F)F)ccc2I)c1. The van der Waals surface area contributed by atoms with Crippen LogP contribution >= 0.6 is 22.6 Å². The largest absolute Gasteiger partial charge is 0.416 e. The van der Waals surface area contributed by atoms with Gasteiger partial charge in [-0.05, 0) is 63.9 Å². The van der Waals surface area contributed by atoms with Crippen LogP contribution in [0.2, 0.25) is 0 Å². The summed E-state index contributed by atoms with van der Waals surface area (Å²) >= 11 is 1.79. The average molecular weight is 483 g/mol. The summed E-state index contributed by atoms with van der Waals surface area (Å²) in [5, 5.41) is 0. The van der Waals surface area contributed by atoms with Gasteiger partial charge in [0.1, 0.15) is 0 Å². The number of anilines is 1. The Kier molecular flexibility index (Phi) is 5.44. The number of rotatable bonds is 3. The van der Waals surface area contributed by atoms with E-state index in [4.69, 9.17) is 0 Å². The molecular formula is C17H17F3INO2S. The first-order valence-electron chi connectivity index (χ1n) is 7.31. The van der Waals surface area contributed by atoms with Crippen LogP contribution in [0.3, 0.4) is 0 Å². The molecule has 0 radical (unpaired) electrons. The van der Waals surface area contributed by atoms with Crippen LogP contribution in [0.5, 0.6) is 0 Å². The normalized spacial score (nSPS) is 12.9. The van der Waals surface area contributed by atoms with Crippen LogP contribution in [-0.4, -0.2) is 8.42 Å². The van der Waals surface area contributed by atoms with Crippen LogP contribution in [0.25, 0.3) is 0 Å². The average Bonchev–Trinajstić information content (AvgIpc) is 2.47. The minimum atomic E-state index is -4.54. The minimum absolute atomic E-state index is 0.00753. The lowest BCUT2D eigenvalue weighted by Gasteiger charge is -2.20. The van der Waals surface area contributed by atoms with Gasteiger partial charge in [0.15, 0.2) is 0 Å². The van der Waals surface area contributed by atoms with Gasteiger partial charge in [-0.15, -0.1) is 0 Å². The first-order valence-corrected chi connectivity index (χ1v) is 9.87. The molecule has 0 saturated carbocycles. The molecule has 0 heterocycles. The first kappa shape index (κ1) is 20.0. The monoisotopic (exact) mass is 483 g/mol. The number of nitrogens with one attached hydrogen (secondary N) is 1. The van der Waals surface area contributed by atoms with Crippen molar-refractivity contribution in [2.45, 2.75) is 37.3 Å². The molecule has 0 unspecified atom stereocenters. The molecule has 0 aliphatic carbocycles. The molecule has 2 rings (SSSR count). The minimum Gasteiger partial charge on any atom is -0.279 e. The van der Waals surface area contributed by atoms with Gasteiger partial charge in [0, 0.05) is 3.57 Å². The second-order valence-electron chi connectivity index (χ2n) is 6.58. The van der Waals surface area contributed by atoms with Gasteiger partial charge in [-0.25, -0.2) is 8.42 Å². The Morgan fingerprint density at radius 1 is 0.960 bits per heavy atom. The van der Waals surface area contributed by atoms with E-state index in [0.29, 0.717) is 3.57 Å². The second kappa shape index (κ2) is 6.79. The topological polar surface area (TPSA) is 46.2 Å². The highest BCUT2D eigenvalue weighted by atomic mass is 127. The van der Waals surface area contributed by atoms with Crippen LogP contribution in [0, 0.1) is 3.57 Å². The van der Waals surface area contributed by atoms with Crippen molar-refractivity contribution in [2.75, 3.05) is 4.72 Å². The summed E-state index contributed by atoms with van der Waals surface area (Å²) in [6.45, 7) is 5.84. The highest BCUT2D eigenvalue weighted by Gasteiger charge is 2.31. The molecule has 8 heteroatoms. The molecule has 2 aromatic rings. The Hall–Kier alpha value is -1.29. The van der Waals surface area contributed by atoms with Gasteiger partial charge in [0.2, 0.25) is 0 Å². The second-order valence-corrected chi connectivity index (χ2v) is 9.42. The zero-order chi connectivity index (χ0) is 19.0. The van der Waals surface area contributed by atoms with Gasteiger partial charge in [-0.3, -0.25) is 4.72 Å². The molecule has 0 spiro atoms. The predicted octanol–water partition coefficient (Wildman–Crippen LogP) is 5.41. The van der Waals surface area contributed by atoms with E-state index in [9.17, 15) is 21.6 Å². The molecule has 25 heavy (non-hydrogen) atoms. The zero-order valence-electron chi connectivity index (χ0n) is 13.8. The van der Waals surface area contributed by atoms with E-state index in [1.54, 1.807) is 28.7 Å². The lowest BCUT2D eigenvalue weighted by atomic mass is 9.87. The fourth-order valence-corrected chi connectivity index (χ4v) is 3.88. The van der Waals surface area contributed by atoms with Gasteiger partial charge in [0.05, 0.1) is 16.1 Å². The molecular weight excluding hydrogens is 466 g/mol. The molecule has 136 valence electrons. The molecule has 0 aliphatic heterocycles. The molecule has 1 N–H and O–H groups in total. The Labute approximate surface area is 158 Å². The highest BCUT2D eigenvalue weighted by molar-refractivity contribution is 14.1. The van der Waals surface area contributed by atoms with Crippen LogP contribution < -0.4 is 4.72 Å². The van der Waals surface area contributed by atoms with Crippen molar-refractivity contribution in [2.24, 2.45) is 0 Å². The molecule has 0 atom stereocenters. The quantitative estimate of drug-likeness (QED) is 0.594. The van der Waals surface area contributed by atoms with Crippen LogP contribution in [0.15, 0.2) is 47.4 Å². The molecule has 0 bridgehead atoms. The van der Waals surface area contributed by atoms with Crippen molar-refractivity contribution >= 4 is 38.3 Å². The summed E-state index contributed by atoms with van der Waals surface area (Å²) < 4.78 is 66.4. The number of sulfonamides is 1. The zero-order valence-corrected chi connectivity index (χ0v) is 16.8. The lowest BCUT2D eigenvalue weighted by molar-refractivity contribution is -0.137. The Morgan fingerprint density at radius 2 is 1.60 bits per heavy atom. The van der Waals surface area contributed by atoms with E-state index in [1.165, 1.54) is 18.2 Å². The molecule has 0 saturated heterocycles. The van der Waals surface area contributed by atoms with Gasteiger partial charge in [-0.2, -0.15) is 13.2 Å². The van der Waals surface area contributed by atoms with E-state index in [2.05, 4.69) is 4.72 Å². The fraction of sp³-hybridized carbons (Fsp3) is 0.294. The molecule has 0 aromatic heterocycles. The van der Waals surface area contributed by atoms with Gasteiger partial charge >= 0.3 is 6.18 Å². The van der Waals surface area contributed by atoms with Crippen molar-refractivity contribution in [3.8, 4) is 0 Å². The number of hydrogen-bond donors (Lipinski definition) is 1. The Balaban J connectivity index is 2.43. The summed E-state index contributed by atoms with van der Waals surface area (Å²) in [5.74, 6) is 0. The van der Waals surface area contributed by atoms with E-state index < -0.39 is 21.8 Å². The number of halogens is 4. The van der Waals surface area contributed by atoms with Gasteiger partial charge in [0.25, 0.3) is 10.0 Å². The summed E-state index contributed by atoms with van der Waals surface area (Å²) in [5.41, 5.74) is -0.448. The smallest absolute Gasteiger partial charge is 0.279 e. The molecule has 0 aliphatic rings. The number of hydrogen-bond acceptors (Lipinski definition) is 2. The maximum absolute atomic E-state index is 12.9. The summed E-state index contributed by atoms with van der Waals surface area (Å²) in [6.07, 6.45) is -4.54. The van der Waals surface area contributed by atoms with Crippen LogP contribution in [-0.2, 0) is 21.6 Å². The third-order valence-corrected chi connectivity index (χ3v) is 5.85. The summed E-state index contributed by atoms with van der Waals surface area (Å²) in [7, 11) is -4.00. The van der Waals surface area contributed by atoms with Gasteiger partial charge < -0.3 is 0 Å². The maximum atomic E-state index is 12.9. The molecule has 2 aromatic carbocycles. The fourth-order valence-electron chi connectivity index (χ4n) is 2.11. The van der Waals surface area contributed by atoms with Crippen molar-refractivity contribution < 1.29 is 21.6 Å². The van der Waals surface area contributed by atoms with E-state index in [0.717, 1.165) is 17.7 Å². The predicted molar refractivity (Wildman–Crippen MR) is 100 cm³/mol. The lowest BCUT2D eigenvalue weighted by Crippen LogP contribution is -2.17. The van der Waals surface area contributed by atoms with Crippen molar-refractivity contribution in [1.29, 1.82) is 0 Å². The van der Waals surface area contributed by atoms with Crippen LogP contribution in [0.1, 0.15) is 31.9 Å². The molecule has 0 amide bonds. The molecule has 3 nitrogen and oxygen atoms in total. The first-order chi connectivity index (χ1) is 11.3. The van der Waals surface area contributed by atoms with E-state index >= 15 is 0 Å². The third-order valence-electron chi connectivity index (χ3n) is 3.55.